The van der Waals surface area contributed by atoms with E-state index in [0.29, 0.717) is 16.5 Å². The molecule has 0 unspecified atom stereocenters. The van der Waals surface area contributed by atoms with Crippen LogP contribution in [0.25, 0.3) is 22.0 Å². The van der Waals surface area contributed by atoms with Gasteiger partial charge < -0.3 is 20.4 Å². The number of aromatic nitrogens is 3. The van der Waals surface area contributed by atoms with Crippen LogP contribution < -0.4 is 21.3 Å². The highest BCUT2D eigenvalue weighted by atomic mass is 19.3. The fourth-order valence-corrected chi connectivity index (χ4v) is 4.51. The lowest BCUT2D eigenvalue weighted by molar-refractivity contribution is -0.103. The fraction of sp³-hybridized carbons (Fsp3) is 0.240. The number of alkyl halides is 2. The van der Waals surface area contributed by atoms with Gasteiger partial charge >= 0.3 is 0 Å². The van der Waals surface area contributed by atoms with Gasteiger partial charge in [0.1, 0.15) is 17.1 Å². The van der Waals surface area contributed by atoms with Crippen molar-refractivity contribution in [3.63, 3.8) is 0 Å². The average Bonchev–Trinajstić information content (AvgIpc) is 3.25. The number of hydrogen-bond donors (Lipinski definition) is 3. The second kappa shape index (κ2) is 8.74. The minimum Gasteiger partial charge on any atom is -0.496 e. The first kappa shape index (κ1) is 23.5. The zero-order valence-corrected chi connectivity index (χ0v) is 19.1. The number of rotatable bonds is 6. The molecule has 0 spiro atoms. The van der Waals surface area contributed by atoms with Gasteiger partial charge in [-0.2, -0.15) is 5.10 Å². The molecule has 0 radical (unpaired) electrons. The maximum absolute atomic E-state index is 13.6. The summed E-state index contributed by atoms with van der Waals surface area (Å²) in [6.07, 6.45) is 0.949. The molecule has 4 aromatic rings. The Kier molecular flexibility index (Phi) is 5.70. The number of nitrogens with zero attached hydrogens (tertiary/aromatic N) is 2. The van der Waals surface area contributed by atoms with Crippen molar-refractivity contribution in [3.8, 4) is 16.9 Å². The van der Waals surface area contributed by atoms with E-state index in [2.05, 4.69) is 15.5 Å². The van der Waals surface area contributed by atoms with E-state index in [1.54, 1.807) is 35.0 Å². The van der Waals surface area contributed by atoms with Crippen LogP contribution in [0.1, 0.15) is 34.8 Å². The lowest BCUT2D eigenvalue weighted by Crippen LogP contribution is -2.37. The summed E-state index contributed by atoms with van der Waals surface area (Å²) in [6, 6.07) is 10.3. The van der Waals surface area contributed by atoms with Gasteiger partial charge in [0.05, 0.1) is 18.1 Å². The number of carbonyl (C=O) groups excluding carboxylic acids is 1. The number of aromatic amines is 1. The van der Waals surface area contributed by atoms with E-state index in [0.717, 1.165) is 11.6 Å². The van der Waals surface area contributed by atoms with Crippen molar-refractivity contribution in [3.05, 3.63) is 76.0 Å². The minimum atomic E-state index is -2.76. The number of methoxy groups -OCH3 is 1. The van der Waals surface area contributed by atoms with E-state index in [4.69, 9.17) is 10.5 Å². The molecule has 1 aliphatic carbocycles. The first-order valence-corrected chi connectivity index (χ1v) is 11.1. The number of hydrogen-bond acceptors (Lipinski definition) is 5. The Morgan fingerprint density at radius 1 is 1.25 bits per heavy atom. The van der Waals surface area contributed by atoms with Crippen molar-refractivity contribution in [2.24, 2.45) is 0 Å². The summed E-state index contributed by atoms with van der Waals surface area (Å²) in [5, 5.41) is 9.29. The molecule has 2 aromatic carbocycles. The topological polar surface area (TPSA) is 115 Å². The molecule has 0 aliphatic heterocycles. The van der Waals surface area contributed by atoms with Gasteiger partial charge in [-0.15, -0.1) is 0 Å². The first-order valence-electron chi connectivity index (χ1n) is 11.1. The Morgan fingerprint density at radius 2 is 1.97 bits per heavy atom. The predicted molar refractivity (Wildman–Crippen MR) is 128 cm³/mol. The van der Waals surface area contributed by atoms with Crippen molar-refractivity contribution in [2.45, 2.75) is 31.4 Å². The lowest BCUT2D eigenvalue weighted by Gasteiger charge is -2.36. The normalized spacial score (nSPS) is 15.0. The van der Waals surface area contributed by atoms with E-state index >= 15 is 0 Å². The summed E-state index contributed by atoms with van der Waals surface area (Å²) in [5.74, 6) is -3.46. The molecular formula is C25H22F3N5O3. The number of fused-ring (bicyclic) bond motifs is 1. The van der Waals surface area contributed by atoms with Crippen LogP contribution in [0.3, 0.4) is 0 Å². The Morgan fingerprint density at radius 3 is 2.64 bits per heavy atom. The molecule has 5 rings (SSSR count). The highest BCUT2D eigenvalue weighted by Crippen LogP contribution is 2.47. The summed E-state index contributed by atoms with van der Waals surface area (Å²) in [4.78, 5) is 25.1. The molecule has 4 N–H and O–H groups in total. The second-order valence-corrected chi connectivity index (χ2v) is 8.75. The Hall–Kier alpha value is -4.28. The molecular weight excluding hydrogens is 475 g/mol. The summed E-state index contributed by atoms with van der Waals surface area (Å²) in [7, 11) is 1.40. The van der Waals surface area contributed by atoms with Crippen molar-refractivity contribution < 1.29 is 22.7 Å². The molecule has 1 aliphatic rings. The largest absolute Gasteiger partial charge is 0.496 e. The number of H-pyrrole nitrogens is 1. The molecule has 2 heterocycles. The molecule has 0 atom stereocenters. The van der Waals surface area contributed by atoms with Gasteiger partial charge in [0, 0.05) is 37.2 Å². The molecule has 8 nitrogen and oxygen atoms in total. The van der Waals surface area contributed by atoms with Gasteiger partial charge in [-0.1, -0.05) is 24.3 Å². The van der Waals surface area contributed by atoms with Gasteiger partial charge in [0.25, 0.3) is 17.4 Å². The highest BCUT2D eigenvalue weighted by molar-refractivity contribution is 6.02. The maximum atomic E-state index is 13.6. The number of nitrogen functional groups attached to an aromatic ring is 1. The third-order valence-electron chi connectivity index (χ3n) is 6.37. The van der Waals surface area contributed by atoms with E-state index in [9.17, 15) is 22.8 Å². The smallest absolute Gasteiger partial charge is 0.288 e. The second-order valence-electron chi connectivity index (χ2n) is 8.75. The third kappa shape index (κ3) is 4.16. The number of nitrogens with two attached hydrogens (primary N) is 1. The van der Waals surface area contributed by atoms with E-state index in [-0.39, 0.29) is 42.0 Å². The van der Waals surface area contributed by atoms with Crippen LogP contribution in [-0.2, 0) is 6.54 Å². The molecule has 0 bridgehead atoms. The number of carbonyl (C=O) groups is 1. The molecule has 1 fully saturated rings. The van der Waals surface area contributed by atoms with Crippen LogP contribution in [0.4, 0.5) is 19.0 Å². The van der Waals surface area contributed by atoms with Crippen molar-refractivity contribution >= 4 is 22.6 Å². The number of amides is 1. The molecule has 36 heavy (non-hydrogen) atoms. The summed E-state index contributed by atoms with van der Waals surface area (Å²) in [5.41, 5.74) is 7.90. The van der Waals surface area contributed by atoms with Crippen LogP contribution in [0.15, 0.2) is 53.5 Å². The fourth-order valence-electron chi connectivity index (χ4n) is 4.51. The summed E-state index contributed by atoms with van der Waals surface area (Å²) in [6.45, 7) is 0.168. The van der Waals surface area contributed by atoms with Crippen LogP contribution in [-0.4, -0.2) is 33.7 Å². The molecule has 1 amide bonds. The van der Waals surface area contributed by atoms with Crippen LogP contribution in [0, 0.1) is 5.82 Å². The SMILES string of the molecule is COc1ccc(F)cc1C(=O)NCc1ccc(-c2cn(C3CC(F)(F)C3)c3c(=O)[nH]nc(N)c23)cc1. The number of ether oxygens (including phenoxy) is 1. The van der Waals surface area contributed by atoms with Crippen molar-refractivity contribution in [1.29, 1.82) is 0 Å². The number of nitrogens with one attached hydrogen (secondary N) is 2. The van der Waals surface area contributed by atoms with Gasteiger partial charge in [-0.3, -0.25) is 9.59 Å². The standard InChI is InChI=1S/C25H22F3N5O3/c1-36-19-7-6-15(26)8-17(19)23(34)30-11-13-2-4-14(5-3-13)18-12-33(16-9-25(27,28)10-16)21-20(18)22(29)31-32-24(21)35/h2-8,12,16H,9-11H2,1H3,(H2,29,31)(H,30,34)(H,32,35). The van der Waals surface area contributed by atoms with Crippen LogP contribution in [0.2, 0.25) is 0 Å². The summed E-state index contributed by atoms with van der Waals surface area (Å²) >= 11 is 0. The monoisotopic (exact) mass is 497 g/mol. The number of anilines is 1. The molecule has 0 saturated heterocycles. The van der Waals surface area contributed by atoms with Crippen molar-refractivity contribution in [1.82, 2.24) is 20.1 Å². The quantitative estimate of drug-likeness (QED) is 0.372. The predicted octanol–water partition coefficient (Wildman–Crippen LogP) is 4.02. The van der Waals surface area contributed by atoms with Crippen LogP contribution >= 0.6 is 0 Å². The van der Waals surface area contributed by atoms with Crippen LogP contribution in [0.5, 0.6) is 5.75 Å². The first-order chi connectivity index (χ1) is 17.2. The zero-order valence-electron chi connectivity index (χ0n) is 19.1. The van der Waals surface area contributed by atoms with Gasteiger partial charge in [0.15, 0.2) is 5.82 Å². The van der Waals surface area contributed by atoms with Gasteiger partial charge in [-0.05, 0) is 29.3 Å². The summed E-state index contributed by atoms with van der Waals surface area (Å²) < 4.78 is 47.3. The maximum Gasteiger partial charge on any atom is 0.288 e. The highest BCUT2D eigenvalue weighted by Gasteiger charge is 2.47. The van der Waals surface area contributed by atoms with E-state index in [1.165, 1.54) is 19.2 Å². The number of halogens is 3. The Labute approximate surface area is 202 Å². The zero-order chi connectivity index (χ0) is 25.6. The molecule has 186 valence electrons. The third-order valence-corrected chi connectivity index (χ3v) is 6.37. The Balaban J connectivity index is 1.40. The van der Waals surface area contributed by atoms with Gasteiger partial charge in [0.2, 0.25) is 0 Å². The molecule has 11 heteroatoms. The average molecular weight is 497 g/mol. The Bertz CT molecular complexity index is 1520. The molecule has 1 saturated carbocycles. The lowest BCUT2D eigenvalue weighted by atomic mass is 9.88. The van der Waals surface area contributed by atoms with E-state index in [1.807, 2.05) is 0 Å². The minimum absolute atomic E-state index is 0.0803. The number of benzene rings is 2. The molecule has 2 aromatic heterocycles. The van der Waals surface area contributed by atoms with Crippen molar-refractivity contribution in [2.75, 3.05) is 12.8 Å². The van der Waals surface area contributed by atoms with Gasteiger partial charge in [-0.25, -0.2) is 18.3 Å². The van der Waals surface area contributed by atoms with E-state index < -0.39 is 29.2 Å².